The van der Waals surface area contributed by atoms with Crippen molar-refractivity contribution in [3.05, 3.63) is 72.1 Å². The van der Waals surface area contributed by atoms with Crippen molar-refractivity contribution in [2.24, 2.45) is 0 Å². The fourth-order valence-corrected chi connectivity index (χ4v) is 4.21. The van der Waals surface area contributed by atoms with Gasteiger partial charge in [-0.1, -0.05) is 18.2 Å². The Hall–Kier alpha value is -3.61. The zero-order valence-electron chi connectivity index (χ0n) is 19.5. The predicted molar refractivity (Wildman–Crippen MR) is 131 cm³/mol. The number of carbonyl (C=O) groups is 1. The maximum Gasteiger partial charge on any atom is 0.224 e. The molecule has 1 saturated heterocycles. The summed E-state index contributed by atoms with van der Waals surface area (Å²) < 4.78 is 5.31. The third-order valence-corrected chi connectivity index (χ3v) is 5.98. The van der Waals surface area contributed by atoms with Crippen LogP contribution in [-0.4, -0.2) is 48.0 Å². The smallest absolute Gasteiger partial charge is 0.224 e. The standard InChI is InChI=1S/C26H31N5O2/c1-19-8-4-13-24(27-19)29-25-14-6-11-22(28-25)23-12-7-16-31(23)26(32)15-17-30(2)20-9-5-10-21(18-20)33-3/h4-6,8-11,13-14,18,23H,7,12,15-17H2,1-3H3,(H,27,28,29)/t23-/m1/s1. The van der Waals surface area contributed by atoms with Crippen LogP contribution in [0, 0.1) is 6.92 Å². The van der Waals surface area contributed by atoms with E-state index in [1.54, 1.807) is 7.11 Å². The third kappa shape index (κ3) is 5.61. The molecule has 3 aromatic rings. The molecule has 1 aliphatic heterocycles. The largest absolute Gasteiger partial charge is 0.497 e. The highest BCUT2D eigenvalue weighted by atomic mass is 16.5. The molecule has 0 unspecified atom stereocenters. The van der Waals surface area contributed by atoms with E-state index < -0.39 is 0 Å². The maximum absolute atomic E-state index is 13.1. The zero-order valence-corrected chi connectivity index (χ0v) is 19.5. The number of ether oxygens (including phenoxy) is 1. The maximum atomic E-state index is 13.1. The van der Waals surface area contributed by atoms with E-state index in [1.807, 2.05) is 79.5 Å². The Morgan fingerprint density at radius 3 is 2.67 bits per heavy atom. The fraction of sp³-hybridized carbons (Fsp3) is 0.346. The number of aryl methyl sites for hydroxylation is 1. The molecule has 3 heterocycles. The van der Waals surface area contributed by atoms with Gasteiger partial charge in [0, 0.05) is 44.0 Å². The van der Waals surface area contributed by atoms with Gasteiger partial charge in [-0.15, -0.1) is 0 Å². The van der Waals surface area contributed by atoms with Crippen LogP contribution in [0.3, 0.4) is 0 Å². The SMILES string of the molecule is COc1cccc(N(C)CCC(=O)N2CCC[C@@H]2c2cccc(Nc3cccc(C)n3)n2)c1. The molecule has 33 heavy (non-hydrogen) atoms. The summed E-state index contributed by atoms with van der Waals surface area (Å²) in [4.78, 5) is 26.5. The molecule has 172 valence electrons. The van der Waals surface area contributed by atoms with E-state index in [1.165, 1.54) is 0 Å². The summed E-state index contributed by atoms with van der Waals surface area (Å²) in [7, 11) is 3.66. The lowest BCUT2D eigenvalue weighted by atomic mass is 10.1. The fourth-order valence-electron chi connectivity index (χ4n) is 4.21. The Morgan fingerprint density at radius 2 is 1.88 bits per heavy atom. The van der Waals surface area contributed by atoms with Gasteiger partial charge in [-0.25, -0.2) is 9.97 Å². The van der Waals surface area contributed by atoms with Crippen LogP contribution in [0.2, 0.25) is 0 Å². The Morgan fingerprint density at radius 1 is 1.12 bits per heavy atom. The van der Waals surface area contributed by atoms with Crippen molar-refractivity contribution in [3.63, 3.8) is 0 Å². The molecular formula is C26H31N5O2. The molecule has 1 aliphatic rings. The summed E-state index contributed by atoms with van der Waals surface area (Å²) in [5, 5.41) is 3.28. The molecule has 0 aliphatic carbocycles. The molecule has 4 rings (SSSR count). The van der Waals surface area contributed by atoms with E-state index in [0.29, 0.717) is 13.0 Å². The van der Waals surface area contributed by atoms with Crippen LogP contribution < -0.4 is 15.0 Å². The number of hydrogen-bond donors (Lipinski definition) is 1. The molecule has 0 spiro atoms. The van der Waals surface area contributed by atoms with Crippen LogP contribution in [0.25, 0.3) is 0 Å². The number of methoxy groups -OCH3 is 1. The number of aromatic nitrogens is 2. The number of hydrogen-bond acceptors (Lipinski definition) is 6. The summed E-state index contributed by atoms with van der Waals surface area (Å²) >= 11 is 0. The first-order valence-corrected chi connectivity index (χ1v) is 11.4. The lowest BCUT2D eigenvalue weighted by Crippen LogP contribution is -2.33. The van der Waals surface area contributed by atoms with E-state index in [9.17, 15) is 4.79 Å². The summed E-state index contributed by atoms with van der Waals surface area (Å²) in [6.45, 7) is 3.37. The number of carbonyl (C=O) groups excluding carboxylic acids is 1. The average molecular weight is 446 g/mol. The number of nitrogens with one attached hydrogen (secondary N) is 1. The number of benzene rings is 1. The van der Waals surface area contributed by atoms with Crippen molar-refractivity contribution in [3.8, 4) is 5.75 Å². The van der Waals surface area contributed by atoms with Crippen LogP contribution in [-0.2, 0) is 4.79 Å². The molecule has 1 N–H and O–H groups in total. The molecule has 7 heteroatoms. The molecule has 0 bridgehead atoms. The predicted octanol–water partition coefficient (Wildman–Crippen LogP) is 4.73. The first-order valence-electron chi connectivity index (χ1n) is 11.4. The molecule has 0 radical (unpaired) electrons. The van der Waals surface area contributed by atoms with Crippen LogP contribution in [0.1, 0.15) is 36.7 Å². The Balaban J connectivity index is 1.40. The van der Waals surface area contributed by atoms with Crippen LogP contribution in [0.4, 0.5) is 17.3 Å². The van der Waals surface area contributed by atoms with Crippen molar-refractivity contribution in [1.82, 2.24) is 14.9 Å². The van der Waals surface area contributed by atoms with E-state index in [2.05, 4.69) is 15.2 Å². The lowest BCUT2D eigenvalue weighted by Gasteiger charge is -2.26. The van der Waals surface area contributed by atoms with Gasteiger partial charge < -0.3 is 19.9 Å². The highest BCUT2D eigenvalue weighted by molar-refractivity contribution is 5.77. The van der Waals surface area contributed by atoms with Crippen molar-refractivity contribution >= 4 is 23.2 Å². The topological polar surface area (TPSA) is 70.6 Å². The summed E-state index contributed by atoms with van der Waals surface area (Å²) in [6, 6.07) is 19.7. The highest BCUT2D eigenvalue weighted by Crippen LogP contribution is 2.32. The zero-order chi connectivity index (χ0) is 23.2. The number of rotatable bonds is 8. The first kappa shape index (κ1) is 22.6. The monoisotopic (exact) mass is 445 g/mol. The number of nitrogens with zero attached hydrogens (tertiary/aromatic N) is 4. The third-order valence-electron chi connectivity index (χ3n) is 5.98. The van der Waals surface area contributed by atoms with Crippen molar-refractivity contribution in [1.29, 1.82) is 0 Å². The molecule has 1 amide bonds. The van der Waals surface area contributed by atoms with E-state index in [4.69, 9.17) is 9.72 Å². The molecule has 1 fully saturated rings. The quantitative estimate of drug-likeness (QED) is 0.541. The Labute approximate surface area is 195 Å². The number of pyridine rings is 2. The van der Waals surface area contributed by atoms with Crippen molar-refractivity contribution < 1.29 is 9.53 Å². The minimum Gasteiger partial charge on any atom is -0.497 e. The molecule has 0 saturated carbocycles. The second-order valence-corrected chi connectivity index (χ2v) is 8.36. The first-order chi connectivity index (χ1) is 16.0. The van der Waals surface area contributed by atoms with Crippen LogP contribution in [0.5, 0.6) is 5.75 Å². The van der Waals surface area contributed by atoms with E-state index in [0.717, 1.165) is 53.8 Å². The minimum absolute atomic E-state index is 0.00634. The van der Waals surface area contributed by atoms with Crippen molar-refractivity contribution in [2.45, 2.75) is 32.2 Å². The number of anilines is 3. The second-order valence-electron chi connectivity index (χ2n) is 8.36. The van der Waals surface area contributed by atoms with Gasteiger partial charge in [-0.2, -0.15) is 0 Å². The molecule has 2 aromatic heterocycles. The summed E-state index contributed by atoms with van der Waals surface area (Å²) in [5.74, 6) is 2.47. The average Bonchev–Trinajstić information content (AvgIpc) is 3.33. The van der Waals surface area contributed by atoms with E-state index in [-0.39, 0.29) is 11.9 Å². The number of likely N-dealkylation sites (tertiary alicyclic amines) is 1. The van der Waals surface area contributed by atoms with Crippen LogP contribution in [0.15, 0.2) is 60.7 Å². The van der Waals surface area contributed by atoms with Gasteiger partial charge >= 0.3 is 0 Å². The molecule has 1 atom stereocenters. The van der Waals surface area contributed by atoms with Crippen molar-refractivity contribution in [2.75, 3.05) is 37.5 Å². The highest BCUT2D eigenvalue weighted by Gasteiger charge is 2.30. The van der Waals surface area contributed by atoms with Gasteiger partial charge in [0.1, 0.15) is 17.4 Å². The van der Waals surface area contributed by atoms with Gasteiger partial charge in [-0.3, -0.25) is 4.79 Å². The molecule has 1 aromatic carbocycles. The Kier molecular flexibility index (Phi) is 7.07. The molecule has 7 nitrogen and oxygen atoms in total. The van der Waals surface area contributed by atoms with Gasteiger partial charge in [0.25, 0.3) is 0 Å². The van der Waals surface area contributed by atoms with Gasteiger partial charge in [0.2, 0.25) is 5.91 Å². The second kappa shape index (κ2) is 10.3. The van der Waals surface area contributed by atoms with Gasteiger partial charge in [-0.05, 0) is 56.2 Å². The van der Waals surface area contributed by atoms with Gasteiger partial charge in [0.05, 0.1) is 18.8 Å². The summed E-state index contributed by atoms with van der Waals surface area (Å²) in [5.41, 5.74) is 2.90. The molecular weight excluding hydrogens is 414 g/mol. The van der Waals surface area contributed by atoms with Crippen LogP contribution >= 0.6 is 0 Å². The lowest BCUT2D eigenvalue weighted by molar-refractivity contribution is -0.132. The summed E-state index contributed by atoms with van der Waals surface area (Å²) in [6.07, 6.45) is 2.37. The van der Waals surface area contributed by atoms with Gasteiger partial charge in [0.15, 0.2) is 0 Å². The van der Waals surface area contributed by atoms with E-state index >= 15 is 0 Å². The minimum atomic E-state index is 0.00634. The Bertz CT molecular complexity index is 1100. The normalized spacial score (nSPS) is 15.4. The number of amides is 1.